The Kier molecular flexibility index (Phi) is 4.66. The Hall–Kier alpha value is -1.17. The maximum absolute atomic E-state index is 12.2. The van der Waals surface area contributed by atoms with Gasteiger partial charge in [0, 0.05) is 21.7 Å². The summed E-state index contributed by atoms with van der Waals surface area (Å²) in [6, 6.07) is 7.91. The number of rotatable bonds is 5. The van der Waals surface area contributed by atoms with E-state index < -0.39 is 6.10 Å². The van der Waals surface area contributed by atoms with Gasteiger partial charge in [-0.15, -0.1) is 22.7 Å². The van der Waals surface area contributed by atoms with E-state index in [0.29, 0.717) is 6.54 Å². The Labute approximate surface area is 139 Å². The Morgan fingerprint density at radius 2 is 2.14 bits per heavy atom. The molecule has 0 saturated heterocycles. The van der Waals surface area contributed by atoms with E-state index in [0.717, 1.165) is 22.6 Å². The molecular formula is C17H21NO2S2. The molecule has 2 heterocycles. The fourth-order valence-corrected chi connectivity index (χ4v) is 5.00. The van der Waals surface area contributed by atoms with Crippen molar-refractivity contribution in [2.45, 2.75) is 44.1 Å². The molecule has 0 bridgehead atoms. The normalized spacial score (nSPS) is 18.3. The summed E-state index contributed by atoms with van der Waals surface area (Å²) < 4.78 is 0. The van der Waals surface area contributed by atoms with Crippen LogP contribution >= 0.6 is 22.7 Å². The van der Waals surface area contributed by atoms with Gasteiger partial charge in [0.05, 0.1) is 11.0 Å². The summed E-state index contributed by atoms with van der Waals surface area (Å²) in [4.78, 5) is 15.3. The fraction of sp³-hybridized carbons (Fsp3) is 0.471. The monoisotopic (exact) mass is 335 g/mol. The molecule has 1 aliphatic rings. The zero-order chi connectivity index (χ0) is 15.6. The third kappa shape index (κ3) is 3.12. The highest BCUT2D eigenvalue weighted by molar-refractivity contribution is 7.12. The highest BCUT2D eigenvalue weighted by atomic mass is 32.1. The molecule has 2 aromatic heterocycles. The van der Waals surface area contributed by atoms with Crippen molar-refractivity contribution in [3.63, 3.8) is 0 Å². The van der Waals surface area contributed by atoms with Gasteiger partial charge < -0.3 is 10.4 Å². The maximum Gasteiger partial charge on any atom is 0.261 e. The second-order valence-electron chi connectivity index (χ2n) is 6.03. The molecule has 2 aromatic rings. The van der Waals surface area contributed by atoms with Gasteiger partial charge in [-0.05, 0) is 43.3 Å². The molecule has 0 unspecified atom stereocenters. The average Bonchev–Trinajstić information content (AvgIpc) is 3.24. The summed E-state index contributed by atoms with van der Waals surface area (Å²) in [5, 5.41) is 14.8. The molecule has 1 atom stereocenters. The second kappa shape index (κ2) is 6.52. The predicted molar refractivity (Wildman–Crippen MR) is 91.8 cm³/mol. The average molecular weight is 335 g/mol. The van der Waals surface area contributed by atoms with Crippen LogP contribution in [0.2, 0.25) is 0 Å². The van der Waals surface area contributed by atoms with Crippen LogP contribution in [0.3, 0.4) is 0 Å². The van der Waals surface area contributed by atoms with Crippen LogP contribution in [0.25, 0.3) is 0 Å². The van der Waals surface area contributed by atoms with Gasteiger partial charge >= 0.3 is 0 Å². The number of nitrogens with one attached hydrogen (secondary N) is 1. The largest absolute Gasteiger partial charge is 0.388 e. The van der Waals surface area contributed by atoms with Crippen molar-refractivity contribution in [3.8, 4) is 0 Å². The minimum Gasteiger partial charge on any atom is -0.388 e. The van der Waals surface area contributed by atoms with Crippen molar-refractivity contribution in [1.82, 2.24) is 5.32 Å². The first-order valence-corrected chi connectivity index (χ1v) is 9.40. The minimum absolute atomic E-state index is 0.0218. The first kappa shape index (κ1) is 15.7. The van der Waals surface area contributed by atoms with Crippen LogP contribution in [-0.2, 0) is 5.41 Å². The zero-order valence-electron chi connectivity index (χ0n) is 12.7. The first-order valence-electron chi connectivity index (χ1n) is 7.71. The third-order valence-corrected chi connectivity index (χ3v) is 6.82. The molecule has 1 fully saturated rings. The van der Waals surface area contributed by atoms with E-state index in [9.17, 15) is 9.90 Å². The van der Waals surface area contributed by atoms with Gasteiger partial charge in [-0.1, -0.05) is 18.9 Å². The molecule has 1 aliphatic carbocycles. The first-order chi connectivity index (χ1) is 10.6. The third-order valence-electron chi connectivity index (χ3n) is 4.45. The molecule has 0 radical (unpaired) electrons. The Balaban J connectivity index is 1.75. The molecule has 0 aromatic carbocycles. The van der Waals surface area contributed by atoms with Gasteiger partial charge in [-0.2, -0.15) is 0 Å². The number of carbonyl (C=O) groups excluding carboxylic acids is 1. The van der Waals surface area contributed by atoms with E-state index in [4.69, 9.17) is 0 Å². The zero-order valence-corrected chi connectivity index (χ0v) is 14.3. The number of hydrogen-bond acceptors (Lipinski definition) is 4. The smallest absolute Gasteiger partial charge is 0.261 e. The van der Waals surface area contributed by atoms with E-state index in [1.165, 1.54) is 29.1 Å². The number of thiophene rings is 2. The molecule has 0 aliphatic heterocycles. The van der Waals surface area contributed by atoms with E-state index in [1.54, 1.807) is 18.3 Å². The molecule has 22 heavy (non-hydrogen) atoms. The van der Waals surface area contributed by atoms with Crippen molar-refractivity contribution < 1.29 is 9.90 Å². The summed E-state index contributed by atoms with van der Waals surface area (Å²) in [5.74, 6) is 0.0218. The molecule has 3 nitrogen and oxygen atoms in total. The van der Waals surface area contributed by atoms with Crippen molar-refractivity contribution in [2.75, 3.05) is 6.54 Å². The molecule has 1 amide bonds. The molecule has 0 spiro atoms. The van der Waals surface area contributed by atoms with Crippen LogP contribution in [0.5, 0.6) is 0 Å². The van der Waals surface area contributed by atoms with Crippen molar-refractivity contribution in [1.29, 1.82) is 0 Å². The van der Waals surface area contributed by atoms with Gasteiger partial charge in [-0.3, -0.25) is 4.79 Å². The van der Waals surface area contributed by atoms with Crippen molar-refractivity contribution in [2.24, 2.45) is 0 Å². The van der Waals surface area contributed by atoms with E-state index in [2.05, 4.69) is 11.4 Å². The standard InChI is InChI=1S/C17H21NO2S2/c1-12(19)13-6-7-15(22-13)17(8-2-3-9-17)11-18-16(20)14-5-4-10-21-14/h4-7,10,12,19H,2-3,8-9,11H2,1H3,(H,18,20)/t12-/m0/s1. The number of aliphatic hydroxyl groups is 1. The molecule has 3 rings (SSSR count). The molecular weight excluding hydrogens is 314 g/mol. The second-order valence-corrected chi connectivity index (χ2v) is 8.09. The van der Waals surface area contributed by atoms with E-state index >= 15 is 0 Å². The summed E-state index contributed by atoms with van der Waals surface area (Å²) >= 11 is 3.16. The number of hydrogen-bond donors (Lipinski definition) is 2. The Morgan fingerprint density at radius 3 is 2.73 bits per heavy atom. The van der Waals surface area contributed by atoms with Crippen LogP contribution in [0.15, 0.2) is 29.6 Å². The minimum atomic E-state index is -0.419. The number of aliphatic hydroxyl groups excluding tert-OH is 1. The highest BCUT2D eigenvalue weighted by Gasteiger charge is 2.37. The predicted octanol–water partition coefficient (Wildman–Crippen LogP) is 4.10. The fourth-order valence-electron chi connectivity index (χ4n) is 3.17. The van der Waals surface area contributed by atoms with Gasteiger partial charge in [0.25, 0.3) is 5.91 Å². The lowest BCUT2D eigenvalue weighted by atomic mass is 9.84. The van der Waals surface area contributed by atoms with Gasteiger partial charge in [-0.25, -0.2) is 0 Å². The molecule has 118 valence electrons. The van der Waals surface area contributed by atoms with Crippen molar-refractivity contribution >= 4 is 28.6 Å². The molecule has 2 N–H and O–H groups in total. The van der Waals surface area contributed by atoms with Crippen LogP contribution < -0.4 is 5.32 Å². The lowest BCUT2D eigenvalue weighted by Gasteiger charge is -2.28. The van der Waals surface area contributed by atoms with Gasteiger partial charge in [0.1, 0.15) is 0 Å². The summed E-state index contributed by atoms with van der Waals surface area (Å²) in [7, 11) is 0. The van der Waals surface area contributed by atoms with Crippen LogP contribution in [0.4, 0.5) is 0 Å². The van der Waals surface area contributed by atoms with Crippen LogP contribution in [0, 0.1) is 0 Å². The van der Waals surface area contributed by atoms with E-state index in [-0.39, 0.29) is 11.3 Å². The number of carbonyl (C=O) groups is 1. The lowest BCUT2D eigenvalue weighted by Crippen LogP contribution is -2.38. The quantitative estimate of drug-likeness (QED) is 0.864. The SMILES string of the molecule is C[C@H](O)c1ccc(C2(CNC(=O)c3cccs3)CCCC2)s1. The van der Waals surface area contributed by atoms with E-state index in [1.807, 2.05) is 23.6 Å². The maximum atomic E-state index is 12.2. The highest BCUT2D eigenvalue weighted by Crippen LogP contribution is 2.44. The lowest BCUT2D eigenvalue weighted by molar-refractivity contribution is 0.0947. The molecule has 1 saturated carbocycles. The summed E-state index contributed by atoms with van der Waals surface area (Å²) in [6.45, 7) is 2.49. The summed E-state index contributed by atoms with van der Waals surface area (Å²) in [5.41, 5.74) is 0.0464. The summed E-state index contributed by atoms with van der Waals surface area (Å²) in [6.07, 6.45) is 4.21. The van der Waals surface area contributed by atoms with Crippen molar-refractivity contribution in [3.05, 3.63) is 44.3 Å². The van der Waals surface area contributed by atoms with Crippen LogP contribution in [0.1, 0.15) is 58.1 Å². The van der Waals surface area contributed by atoms with Gasteiger partial charge in [0.2, 0.25) is 0 Å². The number of amides is 1. The Morgan fingerprint density at radius 1 is 1.36 bits per heavy atom. The van der Waals surface area contributed by atoms with Crippen LogP contribution in [-0.4, -0.2) is 17.6 Å². The Bertz CT molecular complexity index is 625. The van der Waals surface area contributed by atoms with Gasteiger partial charge in [0.15, 0.2) is 0 Å². The topological polar surface area (TPSA) is 49.3 Å². The molecule has 5 heteroatoms.